The number of hydrogen-bond donors (Lipinski definition) is 1. The summed E-state index contributed by atoms with van der Waals surface area (Å²) in [7, 11) is 0. The molecule has 0 saturated carbocycles. The van der Waals surface area contributed by atoms with E-state index in [0.717, 1.165) is 46.8 Å². The van der Waals surface area contributed by atoms with Crippen molar-refractivity contribution in [2.75, 3.05) is 5.32 Å². The highest BCUT2D eigenvalue weighted by Crippen LogP contribution is 2.37. The van der Waals surface area contributed by atoms with E-state index in [9.17, 15) is 22.8 Å². The van der Waals surface area contributed by atoms with Gasteiger partial charge in [0.1, 0.15) is 0 Å². The van der Waals surface area contributed by atoms with Gasteiger partial charge in [-0.05, 0) is 73.4 Å². The third-order valence-electron chi connectivity index (χ3n) is 5.94. The number of hydrogen-bond acceptors (Lipinski definition) is 4. The summed E-state index contributed by atoms with van der Waals surface area (Å²) in [5, 5.41) is 7.50. The molecule has 0 aliphatic carbocycles. The molecule has 1 heterocycles. The highest BCUT2D eigenvalue weighted by atomic mass is 19.4. The summed E-state index contributed by atoms with van der Waals surface area (Å²) >= 11 is 0. The number of alkyl halides is 3. The number of halogens is 3. The average molecular weight is 536 g/mol. The molecule has 4 aromatic rings. The van der Waals surface area contributed by atoms with Crippen molar-refractivity contribution in [1.29, 1.82) is 0 Å². The smallest absolute Gasteiger partial charge is 0.407 e. The number of ether oxygens (including phenoxy) is 1. The fourth-order valence-corrected chi connectivity index (χ4v) is 4.09. The first-order chi connectivity index (χ1) is 18.4. The Kier molecular flexibility index (Phi) is 7.90. The molecule has 6 nitrogen and oxygen atoms in total. The molecule has 0 aliphatic rings. The van der Waals surface area contributed by atoms with Gasteiger partial charge in [0, 0.05) is 18.2 Å². The van der Waals surface area contributed by atoms with E-state index in [-0.39, 0.29) is 11.5 Å². The van der Waals surface area contributed by atoms with Crippen LogP contribution >= 0.6 is 0 Å². The second-order valence-corrected chi connectivity index (χ2v) is 9.67. The Bertz CT molecular complexity index is 1470. The summed E-state index contributed by atoms with van der Waals surface area (Å²) in [4.78, 5) is 24.7. The summed E-state index contributed by atoms with van der Waals surface area (Å²) in [5.74, 6) is -0.452. The number of rotatable bonds is 7. The zero-order valence-electron chi connectivity index (χ0n) is 22.0. The number of amides is 1. The Morgan fingerprint density at radius 3 is 2.10 bits per heavy atom. The number of aryl methyl sites for hydroxylation is 1. The van der Waals surface area contributed by atoms with Crippen LogP contribution < -0.4 is 10.1 Å². The fourth-order valence-electron chi connectivity index (χ4n) is 4.09. The number of nitrogens with one attached hydrogen (secondary N) is 1. The molecule has 0 spiro atoms. The number of esters is 1. The molecule has 3 aromatic carbocycles. The maximum atomic E-state index is 12.8. The van der Waals surface area contributed by atoms with Gasteiger partial charge in [0.2, 0.25) is 5.88 Å². The summed E-state index contributed by atoms with van der Waals surface area (Å²) in [6.07, 6.45) is -3.84. The predicted molar refractivity (Wildman–Crippen MR) is 143 cm³/mol. The molecule has 0 radical (unpaired) electrons. The van der Waals surface area contributed by atoms with Gasteiger partial charge in [-0.3, -0.25) is 9.59 Å². The zero-order chi connectivity index (χ0) is 28.3. The van der Waals surface area contributed by atoms with Crippen molar-refractivity contribution in [2.45, 2.75) is 40.3 Å². The maximum Gasteiger partial charge on any atom is 0.416 e. The topological polar surface area (TPSA) is 73.2 Å². The van der Waals surface area contributed by atoms with Gasteiger partial charge in [-0.2, -0.15) is 23.0 Å². The second-order valence-electron chi connectivity index (χ2n) is 9.67. The van der Waals surface area contributed by atoms with Crippen LogP contribution in [0.15, 0.2) is 72.8 Å². The standard InChI is InChI=1S/C30H28F3N3O3/c1-18(2)17-26-27(29(39-20(4)37)36(35-26)25-15-5-19(3)6-16-25)21-9-13-24(14-10-21)34-28(38)22-7-11-23(12-8-22)30(31,32)33/h5-16,18H,17H2,1-4H3,(H,34,38). The van der Waals surface area contributed by atoms with Crippen LogP contribution in [0.3, 0.4) is 0 Å². The van der Waals surface area contributed by atoms with Crippen LogP contribution in [-0.4, -0.2) is 21.7 Å². The molecule has 1 amide bonds. The highest BCUT2D eigenvalue weighted by Gasteiger charge is 2.30. The number of aromatic nitrogens is 2. The number of benzene rings is 3. The van der Waals surface area contributed by atoms with Crippen molar-refractivity contribution in [3.63, 3.8) is 0 Å². The van der Waals surface area contributed by atoms with E-state index in [1.165, 1.54) is 6.92 Å². The van der Waals surface area contributed by atoms with Crippen molar-refractivity contribution >= 4 is 17.6 Å². The Morgan fingerprint density at radius 2 is 1.56 bits per heavy atom. The lowest BCUT2D eigenvalue weighted by Gasteiger charge is -2.11. The largest absolute Gasteiger partial charge is 0.416 e. The molecular formula is C30H28F3N3O3. The van der Waals surface area contributed by atoms with Crippen LogP contribution in [-0.2, 0) is 17.4 Å². The van der Waals surface area contributed by atoms with E-state index in [1.54, 1.807) is 28.9 Å². The number of carbonyl (C=O) groups excluding carboxylic acids is 2. The van der Waals surface area contributed by atoms with Crippen LogP contribution in [0.5, 0.6) is 5.88 Å². The van der Waals surface area contributed by atoms with Crippen molar-refractivity contribution in [3.05, 3.63) is 95.2 Å². The third-order valence-corrected chi connectivity index (χ3v) is 5.94. The first-order valence-corrected chi connectivity index (χ1v) is 12.4. The first-order valence-electron chi connectivity index (χ1n) is 12.4. The van der Waals surface area contributed by atoms with Gasteiger partial charge in [0.15, 0.2) is 0 Å². The molecule has 1 aromatic heterocycles. The molecule has 202 valence electrons. The minimum atomic E-state index is -4.47. The fraction of sp³-hybridized carbons (Fsp3) is 0.233. The van der Waals surface area contributed by atoms with E-state index >= 15 is 0 Å². The molecule has 39 heavy (non-hydrogen) atoms. The Labute approximate surface area is 224 Å². The predicted octanol–water partition coefficient (Wildman–Crippen LogP) is 7.24. The SMILES string of the molecule is CC(=O)Oc1c(-c2ccc(NC(=O)c3ccc(C(F)(F)F)cc3)cc2)c(CC(C)C)nn1-c1ccc(C)cc1. The molecular weight excluding hydrogens is 507 g/mol. The minimum absolute atomic E-state index is 0.0998. The average Bonchev–Trinajstić information content (AvgIpc) is 3.20. The highest BCUT2D eigenvalue weighted by molar-refractivity contribution is 6.04. The van der Waals surface area contributed by atoms with Gasteiger partial charge >= 0.3 is 12.1 Å². The van der Waals surface area contributed by atoms with Crippen molar-refractivity contribution < 1.29 is 27.5 Å². The molecule has 4 rings (SSSR count). The molecule has 0 fully saturated rings. The summed E-state index contributed by atoms with van der Waals surface area (Å²) in [5.41, 5.74) is 3.70. The molecule has 0 aliphatic heterocycles. The number of nitrogens with zero attached hydrogens (tertiary/aromatic N) is 2. The van der Waals surface area contributed by atoms with E-state index in [2.05, 4.69) is 19.2 Å². The third kappa shape index (κ3) is 6.54. The van der Waals surface area contributed by atoms with E-state index in [1.807, 2.05) is 31.2 Å². The van der Waals surface area contributed by atoms with E-state index in [4.69, 9.17) is 9.84 Å². The monoisotopic (exact) mass is 535 g/mol. The normalized spacial score (nSPS) is 11.5. The van der Waals surface area contributed by atoms with Crippen molar-refractivity contribution in [2.24, 2.45) is 5.92 Å². The van der Waals surface area contributed by atoms with Gasteiger partial charge in [-0.15, -0.1) is 0 Å². The zero-order valence-corrected chi connectivity index (χ0v) is 22.0. The van der Waals surface area contributed by atoms with Crippen LogP contribution in [0.1, 0.15) is 48.0 Å². The van der Waals surface area contributed by atoms with E-state index in [0.29, 0.717) is 23.6 Å². The van der Waals surface area contributed by atoms with Gasteiger partial charge in [0.05, 0.1) is 22.5 Å². The van der Waals surface area contributed by atoms with Crippen LogP contribution in [0.25, 0.3) is 16.8 Å². The lowest BCUT2D eigenvalue weighted by atomic mass is 9.99. The maximum absolute atomic E-state index is 12.8. The van der Waals surface area contributed by atoms with Crippen molar-refractivity contribution in [3.8, 4) is 22.7 Å². The van der Waals surface area contributed by atoms with Crippen LogP contribution in [0.2, 0.25) is 0 Å². The van der Waals surface area contributed by atoms with Gasteiger partial charge in [-0.25, -0.2) is 0 Å². The quantitative estimate of drug-likeness (QED) is 0.253. The summed E-state index contributed by atoms with van der Waals surface area (Å²) < 4.78 is 45.8. The minimum Gasteiger partial charge on any atom is -0.407 e. The van der Waals surface area contributed by atoms with Gasteiger partial charge in [0.25, 0.3) is 5.91 Å². The Hall–Kier alpha value is -4.40. The summed E-state index contributed by atoms with van der Waals surface area (Å²) in [6.45, 7) is 7.45. The van der Waals surface area contributed by atoms with E-state index < -0.39 is 23.6 Å². The molecule has 0 unspecified atom stereocenters. The first kappa shape index (κ1) is 27.6. The van der Waals surface area contributed by atoms with Gasteiger partial charge < -0.3 is 10.1 Å². The Balaban J connectivity index is 1.67. The molecule has 0 bridgehead atoms. The molecule has 0 atom stereocenters. The summed E-state index contributed by atoms with van der Waals surface area (Å²) in [6, 6.07) is 18.6. The molecule has 1 N–H and O–H groups in total. The molecule has 9 heteroatoms. The number of carbonyl (C=O) groups is 2. The second kappa shape index (κ2) is 11.1. The lowest BCUT2D eigenvalue weighted by molar-refractivity contribution is -0.137. The van der Waals surface area contributed by atoms with Crippen molar-refractivity contribution in [1.82, 2.24) is 9.78 Å². The van der Waals surface area contributed by atoms with Crippen LogP contribution in [0, 0.1) is 12.8 Å². The van der Waals surface area contributed by atoms with Gasteiger partial charge in [-0.1, -0.05) is 43.7 Å². The molecule has 0 saturated heterocycles. The Morgan fingerprint density at radius 1 is 0.949 bits per heavy atom. The lowest BCUT2D eigenvalue weighted by Crippen LogP contribution is -2.12. The van der Waals surface area contributed by atoms with Crippen LogP contribution in [0.4, 0.5) is 18.9 Å². The number of anilines is 1.